The summed E-state index contributed by atoms with van der Waals surface area (Å²) in [6.07, 6.45) is 0. The summed E-state index contributed by atoms with van der Waals surface area (Å²) < 4.78 is 5.94. The Bertz CT molecular complexity index is 1450. The Morgan fingerprint density at radius 1 is 0.267 bits per heavy atom. The van der Waals surface area contributed by atoms with Gasteiger partial charge in [0.2, 0.25) is 0 Å². The quantitative estimate of drug-likeness (QED) is 0.229. The van der Waals surface area contributed by atoms with Crippen LogP contribution in [-0.4, -0.2) is 0 Å². The van der Waals surface area contributed by atoms with Gasteiger partial charge in [-0.2, -0.15) is 0 Å². The van der Waals surface area contributed by atoms with Crippen molar-refractivity contribution in [1.29, 1.82) is 0 Å². The molecule has 0 amide bonds. The van der Waals surface area contributed by atoms with Crippen LogP contribution in [0.1, 0.15) is 55.6 Å². The predicted molar refractivity (Wildman–Crippen MR) is 140 cm³/mol. The van der Waals surface area contributed by atoms with Gasteiger partial charge in [-0.05, 0) is 125 Å². The summed E-state index contributed by atoms with van der Waals surface area (Å²) in [5.74, 6) is 0. The summed E-state index contributed by atoms with van der Waals surface area (Å²) in [7, 11) is 0. The molecule has 0 aliphatic rings. The normalized spacial score (nSPS) is 12.3. The van der Waals surface area contributed by atoms with Crippen LogP contribution >= 0.6 is 22.7 Å². The molecule has 0 fully saturated rings. The standard InChI is InChI=1S/C28H30S2/c1-11-13(3)17(7)25-21(15(11)5)23-24-22-16(6)12(2)14(4)18(8)26(22)30-28(24)20(10)19(9)27(23)29-25/h1-10H3. The fraction of sp³-hybridized carbons (Fsp3) is 0.357. The van der Waals surface area contributed by atoms with E-state index in [2.05, 4.69) is 69.2 Å². The SMILES string of the molecule is Cc1c(C)c(C)c2c(sc3c(C)c(C)c4sc5c(C)c(C)c(C)c(C)c5c4c32)c1C. The number of rotatable bonds is 0. The zero-order chi connectivity index (χ0) is 21.8. The van der Waals surface area contributed by atoms with E-state index < -0.39 is 0 Å². The van der Waals surface area contributed by atoms with Gasteiger partial charge >= 0.3 is 0 Å². The average Bonchev–Trinajstić information content (AvgIpc) is 3.31. The molecule has 0 unspecified atom stereocenters. The highest BCUT2D eigenvalue weighted by Gasteiger charge is 2.24. The molecule has 0 N–H and O–H groups in total. The van der Waals surface area contributed by atoms with Crippen LogP contribution in [-0.2, 0) is 0 Å². The van der Waals surface area contributed by atoms with Crippen LogP contribution in [0.25, 0.3) is 40.3 Å². The average molecular weight is 431 g/mol. The molecule has 0 nitrogen and oxygen atoms in total. The van der Waals surface area contributed by atoms with Crippen molar-refractivity contribution in [3.63, 3.8) is 0 Å². The van der Waals surface area contributed by atoms with Gasteiger partial charge in [0.15, 0.2) is 0 Å². The number of fused-ring (bicyclic) bond motifs is 7. The first-order valence-corrected chi connectivity index (χ1v) is 12.4. The number of thiophene rings is 2. The van der Waals surface area contributed by atoms with Crippen LogP contribution in [0.2, 0.25) is 0 Å². The van der Waals surface area contributed by atoms with Crippen LogP contribution in [0.5, 0.6) is 0 Å². The van der Waals surface area contributed by atoms with Gasteiger partial charge in [0.05, 0.1) is 0 Å². The Morgan fingerprint density at radius 3 is 0.833 bits per heavy atom. The first-order chi connectivity index (χ1) is 14.1. The third-order valence-electron chi connectivity index (χ3n) is 8.12. The third-order valence-corrected chi connectivity index (χ3v) is 11.0. The van der Waals surface area contributed by atoms with Crippen molar-refractivity contribution < 1.29 is 0 Å². The zero-order valence-electron chi connectivity index (χ0n) is 19.8. The Balaban J connectivity index is 2.24. The highest BCUT2D eigenvalue weighted by molar-refractivity contribution is 7.28. The zero-order valence-corrected chi connectivity index (χ0v) is 21.4. The summed E-state index contributed by atoms with van der Waals surface area (Å²) in [4.78, 5) is 0. The molecule has 0 aliphatic heterocycles. The second kappa shape index (κ2) is 6.31. The fourth-order valence-electron chi connectivity index (χ4n) is 5.29. The lowest BCUT2D eigenvalue weighted by molar-refractivity contribution is 1.26. The molecule has 2 heterocycles. The molecule has 3 aromatic carbocycles. The number of hydrogen-bond donors (Lipinski definition) is 0. The summed E-state index contributed by atoms with van der Waals surface area (Å²) >= 11 is 4.03. The molecule has 154 valence electrons. The summed E-state index contributed by atoms with van der Waals surface area (Å²) in [5, 5.41) is 6.01. The highest BCUT2D eigenvalue weighted by Crippen LogP contribution is 2.51. The van der Waals surface area contributed by atoms with Crippen molar-refractivity contribution in [2.75, 3.05) is 0 Å². The molecule has 0 radical (unpaired) electrons. The Labute approximate surface area is 187 Å². The number of aryl methyl sites for hydroxylation is 6. The molecule has 0 atom stereocenters. The predicted octanol–water partition coefficient (Wildman–Crippen LogP) is 9.51. The van der Waals surface area contributed by atoms with Gasteiger partial charge in [-0.15, -0.1) is 22.7 Å². The first-order valence-electron chi connectivity index (χ1n) is 10.8. The summed E-state index contributed by atoms with van der Waals surface area (Å²) in [6.45, 7) is 23.1. The molecule has 5 rings (SSSR count). The second-order valence-electron chi connectivity index (χ2n) is 9.27. The third kappa shape index (κ3) is 2.22. The van der Waals surface area contributed by atoms with Crippen LogP contribution in [0.3, 0.4) is 0 Å². The molecule has 30 heavy (non-hydrogen) atoms. The Kier molecular flexibility index (Phi) is 4.21. The molecule has 0 spiro atoms. The maximum absolute atomic E-state index is 2.33. The lowest BCUT2D eigenvalue weighted by atomic mass is 9.90. The fourth-order valence-corrected chi connectivity index (χ4v) is 8.25. The van der Waals surface area contributed by atoms with E-state index in [0.29, 0.717) is 0 Å². The Hall–Kier alpha value is -1.90. The molecular weight excluding hydrogens is 400 g/mol. The van der Waals surface area contributed by atoms with E-state index in [9.17, 15) is 0 Å². The minimum Gasteiger partial charge on any atom is -0.135 e. The molecule has 5 aromatic rings. The molecule has 0 bridgehead atoms. The monoisotopic (exact) mass is 430 g/mol. The minimum absolute atomic E-state index is 1.45. The van der Waals surface area contributed by atoms with E-state index in [1.54, 1.807) is 0 Å². The second-order valence-corrected chi connectivity index (χ2v) is 11.3. The van der Waals surface area contributed by atoms with Gasteiger partial charge in [-0.25, -0.2) is 0 Å². The van der Waals surface area contributed by atoms with Crippen molar-refractivity contribution >= 4 is 63.0 Å². The van der Waals surface area contributed by atoms with Crippen LogP contribution in [0, 0.1) is 69.2 Å². The van der Waals surface area contributed by atoms with Gasteiger partial charge in [0.25, 0.3) is 0 Å². The lowest BCUT2D eigenvalue weighted by Gasteiger charge is -2.13. The van der Waals surface area contributed by atoms with Gasteiger partial charge in [0, 0.05) is 40.3 Å². The number of benzene rings is 3. The Morgan fingerprint density at radius 2 is 0.500 bits per heavy atom. The molecule has 2 heteroatoms. The van der Waals surface area contributed by atoms with Crippen molar-refractivity contribution in [2.24, 2.45) is 0 Å². The van der Waals surface area contributed by atoms with E-state index in [1.807, 2.05) is 22.7 Å². The maximum Gasteiger partial charge on any atom is 0.0394 e. The van der Waals surface area contributed by atoms with Crippen LogP contribution < -0.4 is 0 Å². The van der Waals surface area contributed by atoms with E-state index in [4.69, 9.17) is 0 Å². The van der Waals surface area contributed by atoms with Gasteiger partial charge in [-0.3, -0.25) is 0 Å². The van der Waals surface area contributed by atoms with E-state index >= 15 is 0 Å². The molecule has 0 aliphatic carbocycles. The van der Waals surface area contributed by atoms with Gasteiger partial charge in [0.1, 0.15) is 0 Å². The summed E-state index contributed by atoms with van der Waals surface area (Å²) in [5.41, 5.74) is 14.6. The van der Waals surface area contributed by atoms with E-state index in [1.165, 1.54) is 96.0 Å². The largest absolute Gasteiger partial charge is 0.135 e. The van der Waals surface area contributed by atoms with Crippen LogP contribution in [0.15, 0.2) is 0 Å². The van der Waals surface area contributed by atoms with Crippen molar-refractivity contribution in [1.82, 2.24) is 0 Å². The first kappa shape index (κ1) is 20.0. The maximum atomic E-state index is 2.33. The minimum atomic E-state index is 1.45. The van der Waals surface area contributed by atoms with Crippen molar-refractivity contribution in [3.05, 3.63) is 55.6 Å². The highest BCUT2D eigenvalue weighted by atomic mass is 32.1. The van der Waals surface area contributed by atoms with Crippen molar-refractivity contribution in [2.45, 2.75) is 69.2 Å². The van der Waals surface area contributed by atoms with Gasteiger partial charge in [-0.1, -0.05) is 0 Å². The smallest absolute Gasteiger partial charge is 0.0394 e. The molecule has 0 saturated carbocycles. The molecular formula is C28H30S2. The number of hydrogen-bond acceptors (Lipinski definition) is 2. The summed E-state index contributed by atoms with van der Waals surface area (Å²) in [6, 6.07) is 0. The lowest BCUT2D eigenvalue weighted by Crippen LogP contribution is -1.93. The molecule has 2 aromatic heterocycles. The van der Waals surface area contributed by atoms with Gasteiger partial charge < -0.3 is 0 Å². The van der Waals surface area contributed by atoms with E-state index in [-0.39, 0.29) is 0 Å². The van der Waals surface area contributed by atoms with E-state index in [0.717, 1.165) is 0 Å². The molecule has 0 saturated heterocycles. The van der Waals surface area contributed by atoms with Crippen LogP contribution in [0.4, 0.5) is 0 Å². The van der Waals surface area contributed by atoms with Crippen molar-refractivity contribution in [3.8, 4) is 0 Å². The topological polar surface area (TPSA) is 0 Å².